The van der Waals surface area contributed by atoms with Gasteiger partial charge < -0.3 is 20.8 Å². The van der Waals surface area contributed by atoms with Gasteiger partial charge >= 0.3 is 6.03 Å². The van der Waals surface area contributed by atoms with E-state index in [0.29, 0.717) is 6.42 Å². The summed E-state index contributed by atoms with van der Waals surface area (Å²) in [6, 6.07) is 9.36. The van der Waals surface area contributed by atoms with Crippen LogP contribution in [0.15, 0.2) is 42.5 Å². The Morgan fingerprint density at radius 3 is 2.61 bits per heavy atom. The molecule has 0 aromatic heterocycles. The molecular formula is C26H36N2O3. The fourth-order valence-corrected chi connectivity index (χ4v) is 8.57. The Balaban J connectivity index is 1.43. The fourth-order valence-electron chi connectivity index (χ4n) is 8.57. The molecule has 31 heavy (non-hydrogen) atoms. The molecule has 2 amide bonds. The molecule has 168 valence electrons. The van der Waals surface area contributed by atoms with E-state index >= 15 is 0 Å². The lowest BCUT2D eigenvalue weighted by Crippen LogP contribution is -2.67. The summed E-state index contributed by atoms with van der Waals surface area (Å²) >= 11 is 0. The highest BCUT2D eigenvalue weighted by Gasteiger charge is 2.69. The third-order valence-electron chi connectivity index (χ3n) is 9.59. The third-order valence-corrected chi connectivity index (χ3v) is 9.59. The van der Waals surface area contributed by atoms with Gasteiger partial charge in [-0.15, -0.1) is 0 Å². The van der Waals surface area contributed by atoms with Gasteiger partial charge in [0, 0.05) is 16.6 Å². The number of urea groups is 1. The van der Waals surface area contributed by atoms with E-state index in [1.165, 1.54) is 0 Å². The van der Waals surface area contributed by atoms with Crippen molar-refractivity contribution in [2.75, 3.05) is 5.32 Å². The highest BCUT2D eigenvalue weighted by molar-refractivity contribution is 5.89. The molecule has 2 bridgehead atoms. The van der Waals surface area contributed by atoms with Crippen molar-refractivity contribution in [2.45, 2.75) is 76.5 Å². The maximum atomic E-state index is 12.9. The maximum Gasteiger partial charge on any atom is 0.319 e. The normalized spacial score (nSPS) is 46.1. The van der Waals surface area contributed by atoms with E-state index in [2.05, 4.69) is 31.1 Å². The van der Waals surface area contributed by atoms with Crippen molar-refractivity contribution >= 4 is 11.7 Å². The Morgan fingerprint density at radius 2 is 1.87 bits per heavy atom. The highest BCUT2D eigenvalue weighted by atomic mass is 16.3. The fraction of sp³-hybridized carbons (Fsp3) is 0.654. The molecule has 1 spiro atoms. The Morgan fingerprint density at radius 1 is 1.13 bits per heavy atom. The van der Waals surface area contributed by atoms with Gasteiger partial charge in [-0.3, -0.25) is 0 Å². The summed E-state index contributed by atoms with van der Waals surface area (Å²) in [7, 11) is 0. The van der Waals surface area contributed by atoms with Crippen molar-refractivity contribution < 1.29 is 15.0 Å². The van der Waals surface area contributed by atoms with Crippen LogP contribution in [0.5, 0.6) is 0 Å². The number of hydrogen-bond donors (Lipinski definition) is 4. The summed E-state index contributed by atoms with van der Waals surface area (Å²) in [5.41, 5.74) is 0.995. The van der Waals surface area contributed by atoms with Gasteiger partial charge in [0.15, 0.2) is 0 Å². The molecule has 0 aliphatic heterocycles. The van der Waals surface area contributed by atoms with Crippen LogP contribution in [-0.2, 0) is 0 Å². The number of para-hydroxylation sites is 1. The molecule has 4 N–H and O–H groups in total. The molecule has 5 heteroatoms. The summed E-state index contributed by atoms with van der Waals surface area (Å²) in [4.78, 5) is 12.9. The summed E-state index contributed by atoms with van der Waals surface area (Å²) in [5, 5.41) is 28.8. The van der Waals surface area contributed by atoms with Crippen molar-refractivity contribution in [1.29, 1.82) is 0 Å². The van der Waals surface area contributed by atoms with Crippen molar-refractivity contribution in [3.05, 3.63) is 42.5 Å². The van der Waals surface area contributed by atoms with Crippen molar-refractivity contribution in [1.82, 2.24) is 5.32 Å². The van der Waals surface area contributed by atoms with Crippen molar-refractivity contribution in [2.24, 2.45) is 28.6 Å². The number of fused-ring (bicyclic) bond motifs is 3. The van der Waals surface area contributed by atoms with Gasteiger partial charge in [-0.1, -0.05) is 38.1 Å². The molecule has 4 saturated carbocycles. The number of aliphatic hydroxyl groups is 2. The molecule has 5 nitrogen and oxygen atoms in total. The van der Waals surface area contributed by atoms with Crippen LogP contribution in [0, 0.1) is 28.6 Å². The lowest BCUT2D eigenvalue weighted by molar-refractivity contribution is -0.195. The molecule has 8 atom stereocenters. The number of carbonyl (C=O) groups excluding carboxylic acids is 1. The lowest BCUT2D eigenvalue weighted by Gasteiger charge is -2.65. The first-order valence-electron chi connectivity index (χ1n) is 11.9. The average molecular weight is 425 g/mol. The molecule has 0 saturated heterocycles. The van der Waals surface area contributed by atoms with Crippen LogP contribution in [0.25, 0.3) is 0 Å². The summed E-state index contributed by atoms with van der Waals surface area (Å²) in [5.74, 6) is 0.548. The van der Waals surface area contributed by atoms with Gasteiger partial charge in [-0.2, -0.15) is 0 Å². The quantitative estimate of drug-likeness (QED) is 0.529. The molecule has 1 aromatic rings. The van der Waals surface area contributed by atoms with E-state index < -0.39 is 12.2 Å². The molecule has 0 unspecified atom stereocenters. The SMILES string of the molecule is C=C1[C@@H]2C[C@H](O)[C@H]3[C@]4(C)CCC[C@@](C)(NC(=O)Nc5ccccc5)[C@H]4CC[C@]3(C2)[C@@H]1O. The molecule has 5 rings (SSSR count). The van der Waals surface area contributed by atoms with E-state index in [-0.39, 0.29) is 40.2 Å². The number of rotatable bonds is 2. The zero-order valence-electron chi connectivity index (χ0n) is 18.7. The molecule has 0 heterocycles. The van der Waals surface area contributed by atoms with Crippen LogP contribution in [-0.4, -0.2) is 34.0 Å². The van der Waals surface area contributed by atoms with E-state index in [9.17, 15) is 15.0 Å². The number of hydrogen-bond acceptors (Lipinski definition) is 3. The van der Waals surface area contributed by atoms with Gasteiger partial charge in [0.1, 0.15) is 0 Å². The standard InChI is InChI=1S/C26H36N2O3/c1-16-17-14-19(29)21-24(2)11-7-12-25(3,20(24)10-13-26(21,15-17)22(16)30)28-23(31)27-18-8-5-4-6-9-18/h4-6,8-9,17,19-22,29-30H,1,7,10-15H2,2-3H3,(H2,27,28,31)/t17-,19+,20+,21+,22-,24-,25-,26-/m1/s1. The number of aliphatic hydroxyl groups excluding tert-OH is 2. The molecular weight excluding hydrogens is 388 g/mol. The number of benzene rings is 1. The van der Waals surface area contributed by atoms with Gasteiger partial charge in [0.05, 0.1) is 12.2 Å². The Bertz CT molecular complexity index is 888. The first-order chi connectivity index (χ1) is 14.7. The second-order valence-electron chi connectivity index (χ2n) is 11.2. The maximum absolute atomic E-state index is 12.9. The number of amides is 2. The van der Waals surface area contributed by atoms with E-state index in [1.807, 2.05) is 30.3 Å². The second kappa shape index (κ2) is 7.08. The Labute approximate surface area is 185 Å². The summed E-state index contributed by atoms with van der Waals surface area (Å²) < 4.78 is 0. The van der Waals surface area contributed by atoms with Gasteiger partial charge in [0.25, 0.3) is 0 Å². The van der Waals surface area contributed by atoms with E-state index in [1.54, 1.807) is 0 Å². The first-order valence-corrected chi connectivity index (χ1v) is 11.9. The molecule has 0 radical (unpaired) electrons. The van der Waals surface area contributed by atoms with Crippen LogP contribution in [0.3, 0.4) is 0 Å². The predicted molar refractivity (Wildman–Crippen MR) is 121 cm³/mol. The van der Waals surface area contributed by atoms with Gasteiger partial charge in [-0.25, -0.2) is 4.79 Å². The van der Waals surface area contributed by atoms with E-state index in [4.69, 9.17) is 0 Å². The second-order valence-corrected chi connectivity index (χ2v) is 11.2. The zero-order valence-corrected chi connectivity index (χ0v) is 18.7. The topological polar surface area (TPSA) is 81.6 Å². The van der Waals surface area contributed by atoms with Crippen LogP contribution >= 0.6 is 0 Å². The van der Waals surface area contributed by atoms with Gasteiger partial charge in [-0.05, 0) is 86.3 Å². The number of carbonyl (C=O) groups is 1. The van der Waals surface area contributed by atoms with Gasteiger partial charge in [0.2, 0.25) is 0 Å². The van der Waals surface area contributed by atoms with Crippen LogP contribution in [0.1, 0.15) is 58.8 Å². The lowest BCUT2D eigenvalue weighted by atomic mass is 9.41. The van der Waals surface area contributed by atoms with Crippen LogP contribution in [0.2, 0.25) is 0 Å². The summed E-state index contributed by atoms with van der Waals surface area (Å²) in [6.07, 6.45) is 5.56. The van der Waals surface area contributed by atoms with Crippen LogP contribution < -0.4 is 10.6 Å². The Kier molecular flexibility index (Phi) is 4.80. The molecule has 4 aliphatic rings. The molecule has 4 fully saturated rings. The smallest absolute Gasteiger partial charge is 0.319 e. The average Bonchev–Trinajstić information content (AvgIpc) is 2.89. The molecule has 4 aliphatic carbocycles. The third kappa shape index (κ3) is 3.00. The zero-order chi connectivity index (χ0) is 22.0. The largest absolute Gasteiger partial charge is 0.393 e. The molecule has 1 aromatic carbocycles. The summed E-state index contributed by atoms with van der Waals surface area (Å²) in [6.45, 7) is 8.70. The minimum atomic E-state index is -0.514. The number of nitrogens with one attached hydrogen (secondary N) is 2. The number of anilines is 1. The monoisotopic (exact) mass is 424 g/mol. The minimum Gasteiger partial charge on any atom is -0.393 e. The van der Waals surface area contributed by atoms with E-state index in [0.717, 1.165) is 49.8 Å². The van der Waals surface area contributed by atoms with Crippen LogP contribution in [0.4, 0.5) is 10.5 Å². The predicted octanol–water partition coefficient (Wildman–Crippen LogP) is 4.47. The first kappa shape index (κ1) is 21.0. The van der Waals surface area contributed by atoms with Crippen molar-refractivity contribution in [3.8, 4) is 0 Å². The minimum absolute atomic E-state index is 0.0443. The highest BCUT2D eigenvalue weighted by Crippen LogP contribution is 2.70. The van der Waals surface area contributed by atoms with Crippen molar-refractivity contribution in [3.63, 3.8) is 0 Å². The Hall–Kier alpha value is -1.85.